The molecule has 96 valence electrons. The van der Waals surface area contributed by atoms with Gasteiger partial charge in [0.1, 0.15) is 5.82 Å². The van der Waals surface area contributed by atoms with E-state index in [9.17, 15) is 0 Å². The van der Waals surface area contributed by atoms with Crippen molar-refractivity contribution in [3.63, 3.8) is 0 Å². The van der Waals surface area contributed by atoms with Gasteiger partial charge >= 0.3 is 0 Å². The number of rotatable bonds is 5. The van der Waals surface area contributed by atoms with Crippen molar-refractivity contribution in [2.45, 2.75) is 25.8 Å². The van der Waals surface area contributed by atoms with E-state index in [1.54, 1.807) is 7.11 Å². The van der Waals surface area contributed by atoms with Gasteiger partial charge in [-0.2, -0.15) is 4.37 Å². The number of methoxy groups -OCH3 is 1. The predicted molar refractivity (Wildman–Crippen MR) is 67.7 cm³/mol. The molecule has 1 aliphatic heterocycles. The second kappa shape index (κ2) is 6.28. The highest BCUT2D eigenvalue weighted by Crippen LogP contribution is 2.23. The Hall–Kier alpha value is -0.720. The summed E-state index contributed by atoms with van der Waals surface area (Å²) in [6.45, 7) is 5.35. The van der Waals surface area contributed by atoms with E-state index in [0.29, 0.717) is 12.6 Å². The van der Waals surface area contributed by atoms with Crippen LogP contribution in [-0.2, 0) is 15.9 Å². The number of anilines is 1. The maximum absolute atomic E-state index is 5.49. The van der Waals surface area contributed by atoms with Crippen molar-refractivity contribution in [2.24, 2.45) is 0 Å². The molecular weight excluding hydrogens is 238 g/mol. The highest BCUT2D eigenvalue weighted by molar-refractivity contribution is 7.09. The van der Waals surface area contributed by atoms with Gasteiger partial charge in [-0.15, -0.1) is 0 Å². The summed E-state index contributed by atoms with van der Waals surface area (Å²) < 4.78 is 14.9. The standard InChI is InChI=1S/C11H19N3O2S/c1-3-9-8-16-7-5-14(9)11-12-10(13-17-11)4-6-15-2/h9H,3-8H2,1-2H3. The minimum Gasteiger partial charge on any atom is -0.384 e. The molecule has 2 rings (SSSR count). The normalized spacial score (nSPS) is 20.8. The van der Waals surface area contributed by atoms with E-state index in [1.807, 2.05) is 0 Å². The fraction of sp³-hybridized carbons (Fsp3) is 0.818. The average Bonchev–Trinajstić information content (AvgIpc) is 2.85. The molecule has 1 aromatic heterocycles. The van der Waals surface area contributed by atoms with Gasteiger partial charge in [0.15, 0.2) is 0 Å². The molecule has 0 saturated carbocycles. The SMILES string of the molecule is CCC1COCCN1c1nc(CCOC)ns1. The largest absolute Gasteiger partial charge is 0.384 e. The maximum atomic E-state index is 5.49. The van der Waals surface area contributed by atoms with Crippen LogP contribution in [0.4, 0.5) is 5.13 Å². The number of aromatic nitrogens is 2. The van der Waals surface area contributed by atoms with Gasteiger partial charge < -0.3 is 14.4 Å². The van der Waals surface area contributed by atoms with E-state index in [4.69, 9.17) is 9.47 Å². The quantitative estimate of drug-likeness (QED) is 0.796. The lowest BCUT2D eigenvalue weighted by atomic mass is 10.2. The number of hydrogen-bond donors (Lipinski definition) is 0. The summed E-state index contributed by atoms with van der Waals surface area (Å²) in [6, 6.07) is 0.437. The molecule has 5 nitrogen and oxygen atoms in total. The highest BCUT2D eigenvalue weighted by Gasteiger charge is 2.24. The van der Waals surface area contributed by atoms with Gasteiger partial charge in [0.05, 0.1) is 25.9 Å². The van der Waals surface area contributed by atoms with E-state index >= 15 is 0 Å². The molecule has 1 atom stereocenters. The number of hydrogen-bond acceptors (Lipinski definition) is 6. The fourth-order valence-electron chi connectivity index (χ4n) is 1.90. The van der Waals surface area contributed by atoms with Crippen LogP contribution in [-0.4, -0.2) is 48.9 Å². The average molecular weight is 257 g/mol. The Morgan fingerprint density at radius 3 is 3.24 bits per heavy atom. The third-order valence-corrected chi connectivity index (χ3v) is 3.72. The molecule has 2 heterocycles. The monoisotopic (exact) mass is 257 g/mol. The fourth-order valence-corrected chi connectivity index (χ4v) is 2.71. The first-order chi connectivity index (χ1) is 8.35. The first-order valence-corrected chi connectivity index (χ1v) is 6.78. The topological polar surface area (TPSA) is 47.5 Å². The van der Waals surface area contributed by atoms with Crippen LogP contribution in [0.1, 0.15) is 19.2 Å². The van der Waals surface area contributed by atoms with E-state index in [1.165, 1.54) is 11.5 Å². The lowest BCUT2D eigenvalue weighted by Crippen LogP contribution is -2.45. The number of morpholine rings is 1. The molecule has 1 aromatic rings. The van der Waals surface area contributed by atoms with E-state index in [-0.39, 0.29) is 0 Å². The zero-order valence-corrected chi connectivity index (χ0v) is 11.2. The van der Waals surface area contributed by atoms with Crippen molar-refractivity contribution >= 4 is 16.7 Å². The van der Waals surface area contributed by atoms with Crippen molar-refractivity contribution in [2.75, 3.05) is 38.4 Å². The van der Waals surface area contributed by atoms with E-state index in [0.717, 1.165) is 43.6 Å². The van der Waals surface area contributed by atoms with Gasteiger partial charge in [0.2, 0.25) is 5.13 Å². The van der Waals surface area contributed by atoms with Crippen LogP contribution < -0.4 is 4.90 Å². The van der Waals surface area contributed by atoms with Crippen LogP contribution in [0.3, 0.4) is 0 Å². The Kier molecular flexibility index (Phi) is 4.70. The first-order valence-electron chi connectivity index (χ1n) is 6.01. The smallest absolute Gasteiger partial charge is 0.205 e. The Morgan fingerprint density at radius 2 is 2.47 bits per heavy atom. The van der Waals surface area contributed by atoms with Gasteiger partial charge in [-0.25, -0.2) is 4.98 Å². The van der Waals surface area contributed by atoms with Gasteiger partial charge in [0, 0.05) is 31.6 Å². The molecule has 1 unspecified atom stereocenters. The van der Waals surface area contributed by atoms with Crippen LogP contribution in [0.2, 0.25) is 0 Å². The number of ether oxygens (including phenoxy) is 2. The maximum Gasteiger partial charge on any atom is 0.205 e. The van der Waals surface area contributed by atoms with Crippen molar-refractivity contribution < 1.29 is 9.47 Å². The highest BCUT2D eigenvalue weighted by atomic mass is 32.1. The van der Waals surface area contributed by atoms with Crippen LogP contribution in [0.25, 0.3) is 0 Å². The molecule has 0 spiro atoms. The summed E-state index contributed by atoms with van der Waals surface area (Å²) in [5.74, 6) is 0.883. The molecule has 1 aliphatic rings. The Morgan fingerprint density at radius 1 is 1.59 bits per heavy atom. The molecule has 17 heavy (non-hydrogen) atoms. The van der Waals surface area contributed by atoms with Crippen molar-refractivity contribution in [3.05, 3.63) is 5.82 Å². The molecule has 0 bridgehead atoms. The Labute approximate surface area is 106 Å². The lowest BCUT2D eigenvalue weighted by Gasteiger charge is -2.34. The van der Waals surface area contributed by atoms with Gasteiger partial charge in [0.25, 0.3) is 0 Å². The number of nitrogens with zero attached hydrogens (tertiary/aromatic N) is 3. The van der Waals surface area contributed by atoms with Crippen molar-refractivity contribution in [1.29, 1.82) is 0 Å². The summed E-state index contributed by atoms with van der Waals surface area (Å²) >= 11 is 1.48. The second-order valence-corrected chi connectivity index (χ2v) is 4.80. The van der Waals surface area contributed by atoms with Gasteiger partial charge in [-0.05, 0) is 6.42 Å². The zero-order valence-electron chi connectivity index (χ0n) is 10.4. The molecule has 0 radical (unpaired) electrons. The van der Waals surface area contributed by atoms with Crippen molar-refractivity contribution in [1.82, 2.24) is 9.36 Å². The van der Waals surface area contributed by atoms with Crippen LogP contribution >= 0.6 is 11.5 Å². The third-order valence-electron chi connectivity index (χ3n) is 2.93. The zero-order chi connectivity index (χ0) is 12.1. The molecule has 0 N–H and O–H groups in total. The van der Waals surface area contributed by atoms with E-state index < -0.39 is 0 Å². The summed E-state index contributed by atoms with van der Waals surface area (Å²) in [5, 5.41) is 1.02. The predicted octanol–water partition coefficient (Wildman–Crippen LogP) is 1.34. The third kappa shape index (κ3) is 3.14. The molecule has 0 aliphatic carbocycles. The Balaban J connectivity index is 2.02. The van der Waals surface area contributed by atoms with Crippen LogP contribution in [0.15, 0.2) is 0 Å². The molecule has 0 aromatic carbocycles. The molecule has 6 heteroatoms. The first kappa shape index (κ1) is 12.7. The summed E-state index contributed by atoms with van der Waals surface area (Å²) in [7, 11) is 1.70. The van der Waals surface area contributed by atoms with Gasteiger partial charge in [-0.1, -0.05) is 6.92 Å². The van der Waals surface area contributed by atoms with Crippen molar-refractivity contribution in [3.8, 4) is 0 Å². The minimum absolute atomic E-state index is 0.437. The van der Waals surface area contributed by atoms with Crippen LogP contribution in [0, 0.1) is 0 Å². The molecule has 1 fully saturated rings. The summed E-state index contributed by atoms with van der Waals surface area (Å²) in [6.07, 6.45) is 1.86. The molecule has 1 saturated heterocycles. The van der Waals surface area contributed by atoms with Gasteiger partial charge in [-0.3, -0.25) is 0 Å². The van der Waals surface area contributed by atoms with E-state index in [2.05, 4.69) is 21.2 Å². The summed E-state index contributed by atoms with van der Waals surface area (Å²) in [4.78, 5) is 6.88. The minimum atomic E-state index is 0.437. The second-order valence-electron chi connectivity index (χ2n) is 4.07. The molecule has 0 amide bonds. The van der Waals surface area contributed by atoms with Crippen LogP contribution in [0.5, 0.6) is 0 Å². The summed E-state index contributed by atoms with van der Waals surface area (Å²) in [5.41, 5.74) is 0. The Bertz CT molecular complexity index is 345. The molecular formula is C11H19N3O2S. The lowest BCUT2D eigenvalue weighted by molar-refractivity contribution is 0.0929.